The zero-order valence-electron chi connectivity index (χ0n) is 16.8. The van der Waals surface area contributed by atoms with E-state index >= 15 is 0 Å². The van der Waals surface area contributed by atoms with Gasteiger partial charge in [0.25, 0.3) is 5.91 Å². The number of amides is 1. The number of hydrogen-bond acceptors (Lipinski definition) is 4. The molecule has 30 heavy (non-hydrogen) atoms. The van der Waals surface area contributed by atoms with Crippen molar-refractivity contribution >= 4 is 16.7 Å². The van der Waals surface area contributed by atoms with Crippen LogP contribution < -0.4 is 15.7 Å². The van der Waals surface area contributed by atoms with E-state index in [1.807, 2.05) is 67.6 Å². The number of nitrogens with one attached hydrogen (secondary N) is 1. The number of methoxy groups -OCH3 is 1. The van der Waals surface area contributed by atoms with Crippen molar-refractivity contribution in [2.75, 3.05) is 7.11 Å². The highest BCUT2D eigenvalue weighted by molar-refractivity contribution is 6.07. The van der Waals surface area contributed by atoms with Gasteiger partial charge in [0.2, 0.25) is 5.76 Å². The highest BCUT2D eigenvalue weighted by Gasteiger charge is 2.21. The number of ether oxygens (including phenoxy) is 1. The second kappa shape index (κ2) is 8.25. The molecule has 0 spiro atoms. The van der Waals surface area contributed by atoms with Crippen molar-refractivity contribution in [3.05, 3.63) is 100 Å². The molecule has 1 aromatic heterocycles. The Hall–Kier alpha value is -3.86. The van der Waals surface area contributed by atoms with Crippen LogP contribution in [0.3, 0.4) is 0 Å². The van der Waals surface area contributed by atoms with Gasteiger partial charge in [0.05, 0.1) is 12.5 Å². The summed E-state index contributed by atoms with van der Waals surface area (Å²) < 4.78 is 10.7. The van der Waals surface area contributed by atoms with Gasteiger partial charge in [0.15, 0.2) is 0 Å². The molecule has 0 atom stereocenters. The van der Waals surface area contributed by atoms with Crippen molar-refractivity contribution in [1.82, 2.24) is 5.32 Å². The molecule has 150 valence electrons. The summed E-state index contributed by atoms with van der Waals surface area (Å²) in [5.74, 6) is 0.313. The quantitative estimate of drug-likeness (QED) is 0.528. The van der Waals surface area contributed by atoms with Gasteiger partial charge in [-0.15, -0.1) is 0 Å². The first kappa shape index (κ1) is 19.5. The molecule has 4 aromatic rings. The summed E-state index contributed by atoms with van der Waals surface area (Å²) in [7, 11) is 1.60. The standard InChI is InChI=1S/C25H21NO4/c1-16-7-11-18(12-8-16)22-20-5-3-4-6-21(20)25(28)30-23(22)24(27)26-15-17-9-13-19(29-2)14-10-17/h3-14H,15H2,1-2H3,(H,26,27). The third-order valence-corrected chi connectivity index (χ3v) is 5.00. The van der Waals surface area contributed by atoms with Crippen LogP contribution in [0.2, 0.25) is 0 Å². The third kappa shape index (κ3) is 3.82. The molecule has 4 rings (SSSR count). The average Bonchev–Trinajstić information content (AvgIpc) is 2.78. The Morgan fingerprint density at radius 3 is 2.27 bits per heavy atom. The van der Waals surface area contributed by atoms with Crippen molar-refractivity contribution in [3.8, 4) is 16.9 Å². The minimum atomic E-state index is -0.531. The fraction of sp³-hybridized carbons (Fsp3) is 0.120. The van der Waals surface area contributed by atoms with Crippen LogP contribution in [-0.4, -0.2) is 13.0 Å². The molecule has 0 unspecified atom stereocenters. The van der Waals surface area contributed by atoms with E-state index in [4.69, 9.17) is 9.15 Å². The van der Waals surface area contributed by atoms with Gasteiger partial charge in [-0.1, -0.05) is 60.2 Å². The second-order valence-electron chi connectivity index (χ2n) is 7.04. The molecular formula is C25H21NO4. The van der Waals surface area contributed by atoms with Gasteiger partial charge in [-0.3, -0.25) is 4.79 Å². The maximum absolute atomic E-state index is 13.0. The fourth-order valence-electron chi connectivity index (χ4n) is 3.37. The van der Waals surface area contributed by atoms with Gasteiger partial charge in [0, 0.05) is 17.5 Å². The van der Waals surface area contributed by atoms with Crippen LogP contribution in [0, 0.1) is 6.92 Å². The van der Waals surface area contributed by atoms with Crippen molar-refractivity contribution in [2.45, 2.75) is 13.5 Å². The summed E-state index contributed by atoms with van der Waals surface area (Å²) in [5, 5.41) is 3.99. The third-order valence-electron chi connectivity index (χ3n) is 5.00. The van der Waals surface area contributed by atoms with E-state index < -0.39 is 11.5 Å². The minimum absolute atomic E-state index is 0.0102. The lowest BCUT2D eigenvalue weighted by Crippen LogP contribution is -2.25. The number of hydrogen-bond donors (Lipinski definition) is 1. The van der Waals surface area contributed by atoms with Crippen molar-refractivity contribution in [1.29, 1.82) is 0 Å². The summed E-state index contributed by atoms with van der Waals surface area (Å²) >= 11 is 0. The van der Waals surface area contributed by atoms with Gasteiger partial charge < -0.3 is 14.5 Å². The van der Waals surface area contributed by atoms with E-state index in [1.54, 1.807) is 19.2 Å². The molecule has 0 saturated carbocycles. The number of carbonyl (C=O) groups is 1. The molecule has 0 saturated heterocycles. The molecule has 0 aliphatic rings. The van der Waals surface area contributed by atoms with Gasteiger partial charge in [-0.2, -0.15) is 0 Å². The van der Waals surface area contributed by atoms with Crippen LogP contribution in [0.15, 0.2) is 82.0 Å². The molecule has 0 radical (unpaired) electrons. The number of benzene rings is 3. The number of fused-ring (bicyclic) bond motifs is 1. The summed E-state index contributed by atoms with van der Waals surface area (Å²) in [5.41, 5.74) is 2.90. The van der Waals surface area contributed by atoms with Crippen LogP contribution in [0.5, 0.6) is 5.75 Å². The predicted molar refractivity (Wildman–Crippen MR) is 117 cm³/mol. The van der Waals surface area contributed by atoms with Gasteiger partial charge in [-0.05, 0) is 36.2 Å². The van der Waals surface area contributed by atoms with Crippen LogP contribution in [-0.2, 0) is 6.54 Å². The normalized spacial score (nSPS) is 10.7. The van der Waals surface area contributed by atoms with E-state index in [0.29, 0.717) is 22.9 Å². The van der Waals surface area contributed by atoms with Gasteiger partial charge in [0.1, 0.15) is 5.75 Å². The smallest absolute Gasteiger partial charge is 0.344 e. The molecule has 3 aromatic carbocycles. The monoisotopic (exact) mass is 399 g/mol. The van der Waals surface area contributed by atoms with Gasteiger partial charge in [-0.25, -0.2) is 4.79 Å². The number of aryl methyl sites for hydroxylation is 1. The first-order valence-corrected chi connectivity index (χ1v) is 9.61. The molecule has 0 fully saturated rings. The fourth-order valence-corrected chi connectivity index (χ4v) is 3.37. The molecular weight excluding hydrogens is 378 g/mol. The highest BCUT2D eigenvalue weighted by atomic mass is 16.5. The van der Waals surface area contributed by atoms with Crippen LogP contribution in [0.4, 0.5) is 0 Å². The maximum Gasteiger partial charge on any atom is 0.344 e. The Morgan fingerprint density at radius 1 is 0.933 bits per heavy atom. The first-order chi connectivity index (χ1) is 14.6. The summed E-state index contributed by atoms with van der Waals surface area (Å²) in [6.07, 6.45) is 0. The lowest BCUT2D eigenvalue weighted by molar-refractivity contribution is 0.0920. The molecule has 5 heteroatoms. The first-order valence-electron chi connectivity index (χ1n) is 9.61. The number of carbonyl (C=O) groups excluding carboxylic acids is 1. The zero-order chi connectivity index (χ0) is 21.1. The number of rotatable bonds is 5. The van der Waals surface area contributed by atoms with Crippen molar-refractivity contribution < 1.29 is 13.9 Å². The molecule has 1 N–H and O–H groups in total. The lowest BCUT2D eigenvalue weighted by atomic mass is 9.97. The maximum atomic E-state index is 13.0. The largest absolute Gasteiger partial charge is 0.497 e. The summed E-state index contributed by atoms with van der Waals surface area (Å²) in [4.78, 5) is 25.6. The van der Waals surface area contributed by atoms with E-state index in [0.717, 1.165) is 22.4 Å². The second-order valence-corrected chi connectivity index (χ2v) is 7.04. The molecule has 1 amide bonds. The van der Waals surface area contributed by atoms with Gasteiger partial charge >= 0.3 is 5.63 Å². The van der Waals surface area contributed by atoms with E-state index in [2.05, 4.69) is 5.32 Å². The average molecular weight is 399 g/mol. The van der Waals surface area contributed by atoms with Crippen molar-refractivity contribution in [2.24, 2.45) is 0 Å². The Kier molecular flexibility index (Phi) is 5.35. The van der Waals surface area contributed by atoms with Crippen LogP contribution in [0.25, 0.3) is 21.9 Å². The molecule has 0 bridgehead atoms. The SMILES string of the molecule is COc1ccc(CNC(=O)c2oc(=O)c3ccccc3c2-c2ccc(C)cc2)cc1. The van der Waals surface area contributed by atoms with Crippen molar-refractivity contribution in [3.63, 3.8) is 0 Å². The molecule has 0 aliphatic carbocycles. The minimum Gasteiger partial charge on any atom is -0.497 e. The van der Waals surface area contributed by atoms with E-state index in [1.165, 1.54) is 0 Å². The van der Waals surface area contributed by atoms with Crippen LogP contribution >= 0.6 is 0 Å². The van der Waals surface area contributed by atoms with E-state index in [-0.39, 0.29) is 5.76 Å². The Labute approximate surface area is 173 Å². The summed E-state index contributed by atoms with van der Waals surface area (Å²) in [6.45, 7) is 2.29. The zero-order valence-corrected chi connectivity index (χ0v) is 16.8. The molecule has 1 heterocycles. The topological polar surface area (TPSA) is 68.5 Å². The van der Waals surface area contributed by atoms with E-state index in [9.17, 15) is 9.59 Å². The Bertz CT molecular complexity index is 1260. The molecule has 5 nitrogen and oxygen atoms in total. The highest BCUT2D eigenvalue weighted by Crippen LogP contribution is 2.31. The predicted octanol–water partition coefficient (Wildman–Crippen LogP) is 4.71. The lowest BCUT2D eigenvalue weighted by Gasteiger charge is -2.12. The Morgan fingerprint density at radius 2 is 1.60 bits per heavy atom. The molecule has 0 aliphatic heterocycles. The summed E-state index contributed by atoms with van der Waals surface area (Å²) in [6, 6.07) is 22.4. The Balaban J connectivity index is 1.75. The van der Waals surface area contributed by atoms with Crippen LogP contribution in [0.1, 0.15) is 21.7 Å².